The van der Waals surface area contributed by atoms with Gasteiger partial charge in [0.15, 0.2) is 6.29 Å². The van der Waals surface area contributed by atoms with Crippen LogP contribution in [0, 0.1) is 12.8 Å². The van der Waals surface area contributed by atoms with Gasteiger partial charge in [-0.1, -0.05) is 0 Å². The summed E-state index contributed by atoms with van der Waals surface area (Å²) in [6.45, 7) is 2.66. The average molecular weight is 191 g/mol. The number of nitrogens with zero attached hydrogens (tertiary/aromatic N) is 1. The molecule has 0 aliphatic heterocycles. The Morgan fingerprint density at radius 3 is 3.00 bits per heavy atom. The third-order valence-electron chi connectivity index (χ3n) is 2.34. The SMILES string of the molecule is Cc1cc(C=O)cnc1OCC1CC1. The molecule has 0 radical (unpaired) electrons. The van der Waals surface area contributed by atoms with Crippen molar-refractivity contribution in [1.82, 2.24) is 4.98 Å². The third-order valence-corrected chi connectivity index (χ3v) is 2.34. The molecule has 0 atom stereocenters. The van der Waals surface area contributed by atoms with Gasteiger partial charge in [0.25, 0.3) is 0 Å². The largest absolute Gasteiger partial charge is 0.477 e. The van der Waals surface area contributed by atoms with E-state index in [9.17, 15) is 4.79 Å². The van der Waals surface area contributed by atoms with Gasteiger partial charge in [-0.25, -0.2) is 4.98 Å². The lowest BCUT2D eigenvalue weighted by Crippen LogP contribution is -2.02. The molecule has 3 nitrogen and oxygen atoms in total. The quantitative estimate of drug-likeness (QED) is 0.683. The molecule has 0 aromatic carbocycles. The van der Waals surface area contributed by atoms with Crippen LogP contribution in [0.25, 0.3) is 0 Å². The summed E-state index contributed by atoms with van der Waals surface area (Å²) in [5.74, 6) is 1.38. The van der Waals surface area contributed by atoms with E-state index in [0.717, 1.165) is 24.4 Å². The minimum atomic E-state index is 0.598. The standard InChI is InChI=1S/C11H13NO2/c1-8-4-10(6-13)5-12-11(8)14-7-9-2-3-9/h4-6,9H,2-3,7H2,1H3. The van der Waals surface area contributed by atoms with Crippen LogP contribution in [0.2, 0.25) is 0 Å². The smallest absolute Gasteiger partial charge is 0.216 e. The molecule has 14 heavy (non-hydrogen) atoms. The highest BCUT2D eigenvalue weighted by atomic mass is 16.5. The molecule has 1 aromatic heterocycles. The van der Waals surface area contributed by atoms with E-state index in [1.54, 1.807) is 12.3 Å². The van der Waals surface area contributed by atoms with Crippen LogP contribution < -0.4 is 4.74 Å². The summed E-state index contributed by atoms with van der Waals surface area (Å²) in [6, 6.07) is 1.79. The molecule has 0 unspecified atom stereocenters. The molecule has 1 aliphatic carbocycles. The lowest BCUT2D eigenvalue weighted by molar-refractivity contribution is 0.112. The van der Waals surface area contributed by atoms with E-state index in [2.05, 4.69) is 4.98 Å². The highest BCUT2D eigenvalue weighted by molar-refractivity contribution is 5.74. The zero-order valence-electron chi connectivity index (χ0n) is 8.19. The van der Waals surface area contributed by atoms with E-state index in [0.29, 0.717) is 11.4 Å². The lowest BCUT2D eigenvalue weighted by atomic mass is 10.2. The van der Waals surface area contributed by atoms with Crippen molar-refractivity contribution in [1.29, 1.82) is 0 Å². The van der Waals surface area contributed by atoms with Crippen LogP contribution in [0.3, 0.4) is 0 Å². The van der Waals surface area contributed by atoms with Crippen molar-refractivity contribution in [3.05, 3.63) is 23.4 Å². The minimum absolute atomic E-state index is 0.598. The zero-order valence-corrected chi connectivity index (χ0v) is 8.19. The van der Waals surface area contributed by atoms with E-state index in [1.165, 1.54) is 12.8 Å². The maximum atomic E-state index is 10.5. The van der Waals surface area contributed by atoms with Gasteiger partial charge in [-0.05, 0) is 31.7 Å². The van der Waals surface area contributed by atoms with E-state index in [1.807, 2.05) is 6.92 Å². The number of hydrogen-bond donors (Lipinski definition) is 0. The summed E-state index contributed by atoms with van der Waals surface area (Å²) in [6.07, 6.45) is 4.88. The van der Waals surface area contributed by atoms with E-state index in [-0.39, 0.29) is 0 Å². The molecule has 2 rings (SSSR count). The summed E-state index contributed by atoms with van der Waals surface area (Å²) in [5.41, 5.74) is 1.52. The van der Waals surface area contributed by atoms with Crippen LogP contribution in [-0.4, -0.2) is 17.9 Å². The van der Waals surface area contributed by atoms with Crippen LogP contribution in [0.15, 0.2) is 12.3 Å². The van der Waals surface area contributed by atoms with Gasteiger partial charge in [0.1, 0.15) is 0 Å². The summed E-state index contributed by atoms with van der Waals surface area (Å²) in [7, 11) is 0. The van der Waals surface area contributed by atoms with Crippen LogP contribution in [0.4, 0.5) is 0 Å². The zero-order chi connectivity index (χ0) is 9.97. The van der Waals surface area contributed by atoms with Crippen LogP contribution in [0.1, 0.15) is 28.8 Å². The minimum Gasteiger partial charge on any atom is -0.477 e. The van der Waals surface area contributed by atoms with Crippen LogP contribution in [0.5, 0.6) is 5.88 Å². The summed E-state index contributed by atoms with van der Waals surface area (Å²) >= 11 is 0. The lowest BCUT2D eigenvalue weighted by Gasteiger charge is -2.06. The molecule has 1 fully saturated rings. The predicted molar refractivity (Wildman–Crippen MR) is 52.6 cm³/mol. The molecule has 1 aromatic rings. The van der Waals surface area contributed by atoms with Gasteiger partial charge in [-0.2, -0.15) is 0 Å². The van der Waals surface area contributed by atoms with E-state index >= 15 is 0 Å². The molecular weight excluding hydrogens is 178 g/mol. The molecule has 1 aliphatic rings. The molecule has 0 N–H and O–H groups in total. The number of carbonyl (C=O) groups excluding carboxylic acids is 1. The number of hydrogen-bond acceptors (Lipinski definition) is 3. The fourth-order valence-electron chi connectivity index (χ4n) is 1.28. The highest BCUT2D eigenvalue weighted by Gasteiger charge is 2.22. The Kier molecular flexibility index (Phi) is 2.48. The first-order valence-electron chi connectivity index (χ1n) is 4.84. The topological polar surface area (TPSA) is 39.2 Å². The maximum absolute atomic E-state index is 10.5. The van der Waals surface area contributed by atoms with Gasteiger partial charge in [0, 0.05) is 17.3 Å². The molecular formula is C11H13NO2. The second-order valence-corrected chi connectivity index (χ2v) is 3.76. The fourth-order valence-corrected chi connectivity index (χ4v) is 1.28. The summed E-state index contributed by atoms with van der Waals surface area (Å²) in [4.78, 5) is 14.6. The molecule has 0 amide bonds. The third kappa shape index (κ3) is 2.10. The molecule has 0 spiro atoms. The highest BCUT2D eigenvalue weighted by Crippen LogP contribution is 2.29. The number of aldehydes is 1. The molecule has 0 saturated heterocycles. The molecule has 1 heterocycles. The van der Waals surface area contributed by atoms with Crippen LogP contribution in [-0.2, 0) is 0 Å². The Labute approximate surface area is 83.1 Å². The van der Waals surface area contributed by atoms with Crippen LogP contribution >= 0.6 is 0 Å². The van der Waals surface area contributed by atoms with E-state index < -0.39 is 0 Å². The summed E-state index contributed by atoms with van der Waals surface area (Å²) < 4.78 is 5.53. The average Bonchev–Trinajstić information content (AvgIpc) is 2.99. The van der Waals surface area contributed by atoms with Gasteiger partial charge >= 0.3 is 0 Å². The Hall–Kier alpha value is -1.38. The number of aryl methyl sites for hydroxylation is 1. The molecule has 1 saturated carbocycles. The monoisotopic (exact) mass is 191 g/mol. The number of aromatic nitrogens is 1. The molecule has 74 valence electrons. The fraction of sp³-hybridized carbons (Fsp3) is 0.455. The van der Waals surface area contributed by atoms with Gasteiger partial charge in [-0.3, -0.25) is 4.79 Å². The normalized spacial score (nSPS) is 15.2. The number of rotatable bonds is 4. The van der Waals surface area contributed by atoms with Crippen molar-refractivity contribution in [2.24, 2.45) is 5.92 Å². The Bertz CT molecular complexity index is 345. The predicted octanol–water partition coefficient (Wildman–Crippen LogP) is 1.99. The Balaban J connectivity index is 2.04. The van der Waals surface area contributed by atoms with Gasteiger partial charge < -0.3 is 4.74 Å². The van der Waals surface area contributed by atoms with Crippen molar-refractivity contribution in [3.63, 3.8) is 0 Å². The van der Waals surface area contributed by atoms with Crippen molar-refractivity contribution < 1.29 is 9.53 Å². The van der Waals surface area contributed by atoms with Crippen molar-refractivity contribution >= 4 is 6.29 Å². The number of pyridine rings is 1. The number of carbonyl (C=O) groups is 1. The molecule has 0 bridgehead atoms. The first-order chi connectivity index (χ1) is 6.79. The van der Waals surface area contributed by atoms with Gasteiger partial charge in [0.2, 0.25) is 5.88 Å². The second kappa shape index (κ2) is 3.78. The van der Waals surface area contributed by atoms with Crippen molar-refractivity contribution in [2.75, 3.05) is 6.61 Å². The molecule has 3 heteroatoms. The van der Waals surface area contributed by atoms with E-state index in [4.69, 9.17) is 4.74 Å². The number of ether oxygens (including phenoxy) is 1. The Morgan fingerprint density at radius 2 is 2.43 bits per heavy atom. The second-order valence-electron chi connectivity index (χ2n) is 3.76. The maximum Gasteiger partial charge on any atom is 0.216 e. The Morgan fingerprint density at radius 1 is 1.64 bits per heavy atom. The first-order valence-corrected chi connectivity index (χ1v) is 4.84. The van der Waals surface area contributed by atoms with Crippen molar-refractivity contribution in [2.45, 2.75) is 19.8 Å². The first kappa shape index (κ1) is 9.19. The van der Waals surface area contributed by atoms with Gasteiger partial charge in [0.05, 0.1) is 6.61 Å². The van der Waals surface area contributed by atoms with Gasteiger partial charge in [-0.15, -0.1) is 0 Å². The van der Waals surface area contributed by atoms with Crippen molar-refractivity contribution in [3.8, 4) is 5.88 Å². The summed E-state index contributed by atoms with van der Waals surface area (Å²) in [5, 5.41) is 0.